The number of hydrogen-bond acceptors (Lipinski definition) is 2. The molecule has 0 aromatic carbocycles. The molecule has 84 valence electrons. The van der Waals surface area contributed by atoms with Gasteiger partial charge in [0.2, 0.25) is 0 Å². The van der Waals surface area contributed by atoms with Crippen LogP contribution in [-0.2, 0) is 0 Å². The summed E-state index contributed by atoms with van der Waals surface area (Å²) in [6, 6.07) is 5.86. The number of aliphatic imine (C=N–C) groups is 1. The quantitative estimate of drug-likeness (QED) is 0.699. The van der Waals surface area contributed by atoms with Gasteiger partial charge in [0.25, 0.3) is 0 Å². The number of aromatic nitrogens is 1. The lowest BCUT2D eigenvalue weighted by molar-refractivity contribution is 0.942. The fourth-order valence-electron chi connectivity index (χ4n) is 1.36. The number of pyridine rings is 1. The van der Waals surface area contributed by atoms with Crippen molar-refractivity contribution in [2.75, 3.05) is 0 Å². The van der Waals surface area contributed by atoms with Crippen molar-refractivity contribution in [3.63, 3.8) is 0 Å². The second kappa shape index (κ2) is 6.72. The fraction of sp³-hybridized carbons (Fsp3) is 0.286. The van der Waals surface area contributed by atoms with Crippen LogP contribution in [0.3, 0.4) is 0 Å². The molecule has 2 heterocycles. The minimum Gasteiger partial charge on any atom is -0.255 e. The second-order valence-electron chi connectivity index (χ2n) is 3.29. The highest BCUT2D eigenvalue weighted by Crippen LogP contribution is 2.17. The van der Waals surface area contributed by atoms with Gasteiger partial charge >= 0.3 is 0 Å². The van der Waals surface area contributed by atoms with Crippen LogP contribution in [-0.4, -0.2) is 11.2 Å². The maximum Gasteiger partial charge on any atom is 0.0883 e. The molecule has 0 aliphatic carbocycles. The van der Waals surface area contributed by atoms with Crippen LogP contribution >= 0.6 is 0 Å². The molecule has 0 N–H and O–H groups in total. The average Bonchev–Trinajstić information content (AvgIpc) is 2.58. The summed E-state index contributed by atoms with van der Waals surface area (Å²) in [4.78, 5) is 8.60. The molecule has 1 atom stereocenters. The van der Waals surface area contributed by atoms with Gasteiger partial charge in [-0.15, -0.1) is 0 Å². The Bertz CT molecular complexity index is 388. The lowest BCUT2D eigenvalue weighted by atomic mass is 10.1. The summed E-state index contributed by atoms with van der Waals surface area (Å²) in [5, 5.41) is 0. The third kappa shape index (κ3) is 3.46. The zero-order valence-corrected chi connectivity index (χ0v) is 10.1. The van der Waals surface area contributed by atoms with E-state index in [9.17, 15) is 0 Å². The predicted molar refractivity (Wildman–Crippen MR) is 70.4 cm³/mol. The standard InChI is InChI=1S/C12H12N2.C2H6/c1-10-5-4-8-14-12(9-10)11-6-2-3-7-13-11;1-2/h2-10H,1H3;1-2H3. The highest BCUT2D eigenvalue weighted by Gasteiger charge is 2.03. The minimum absolute atomic E-state index is 0.412. The normalized spacial score (nSPS) is 18.2. The Morgan fingerprint density at radius 2 is 2.00 bits per heavy atom. The molecule has 0 radical (unpaired) electrons. The Hall–Kier alpha value is -1.70. The predicted octanol–water partition coefficient (Wildman–Crippen LogP) is 3.73. The molecule has 0 fully saturated rings. The van der Waals surface area contributed by atoms with Gasteiger partial charge in [0.15, 0.2) is 0 Å². The summed E-state index contributed by atoms with van der Waals surface area (Å²) in [6.07, 6.45) is 9.79. The van der Waals surface area contributed by atoms with Gasteiger partial charge in [-0.2, -0.15) is 0 Å². The number of hydrogen-bond donors (Lipinski definition) is 0. The first-order valence-corrected chi connectivity index (χ1v) is 5.70. The monoisotopic (exact) mass is 214 g/mol. The van der Waals surface area contributed by atoms with Crippen molar-refractivity contribution >= 4 is 11.9 Å². The Kier molecular flexibility index (Phi) is 5.20. The average molecular weight is 214 g/mol. The van der Waals surface area contributed by atoms with Gasteiger partial charge in [0, 0.05) is 12.4 Å². The van der Waals surface area contributed by atoms with E-state index in [0.29, 0.717) is 5.92 Å². The second-order valence-corrected chi connectivity index (χ2v) is 3.29. The van der Waals surface area contributed by atoms with Crippen molar-refractivity contribution in [1.82, 2.24) is 4.98 Å². The van der Waals surface area contributed by atoms with Gasteiger partial charge in [-0.3, -0.25) is 9.98 Å². The van der Waals surface area contributed by atoms with Crippen LogP contribution in [0.1, 0.15) is 26.5 Å². The molecule has 2 nitrogen and oxygen atoms in total. The smallest absolute Gasteiger partial charge is 0.0883 e. The van der Waals surface area contributed by atoms with E-state index in [2.05, 4.69) is 29.1 Å². The first-order valence-electron chi connectivity index (χ1n) is 5.70. The Labute approximate surface area is 97.5 Å². The minimum atomic E-state index is 0.412. The molecule has 1 aromatic rings. The highest BCUT2D eigenvalue weighted by atomic mass is 14.8. The largest absolute Gasteiger partial charge is 0.255 e. The molecule has 16 heavy (non-hydrogen) atoms. The van der Waals surface area contributed by atoms with Crippen molar-refractivity contribution in [1.29, 1.82) is 0 Å². The first-order chi connectivity index (χ1) is 7.86. The molecule has 0 saturated heterocycles. The van der Waals surface area contributed by atoms with E-state index < -0.39 is 0 Å². The van der Waals surface area contributed by atoms with Gasteiger partial charge in [0.1, 0.15) is 0 Å². The third-order valence-electron chi connectivity index (χ3n) is 2.06. The van der Waals surface area contributed by atoms with Crippen molar-refractivity contribution in [2.24, 2.45) is 10.9 Å². The zero-order chi connectivity index (χ0) is 11.8. The van der Waals surface area contributed by atoms with Crippen LogP contribution in [0.25, 0.3) is 5.70 Å². The lowest BCUT2D eigenvalue weighted by Gasteiger charge is -2.01. The highest BCUT2D eigenvalue weighted by molar-refractivity contribution is 5.80. The zero-order valence-electron chi connectivity index (χ0n) is 10.1. The van der Waals surface area contributed by atoms with E-state index in [1.165, 1.54) is 0 Å². The summed E-state index contributed by atoms with van der Waals surface area (Å²) >= 11 is 0. The maximum absolute atomic E-state index is 4.33. The molecule has 1 aromatic heterocycles. The van der Waals surface area contributed by atoms with Crippen LogP contribution in [0.5, 0.6) is 0 Å². The van der Waals surface area contributed by atoms with Crippen LogP contribution in [0, 0.1) is 5.92 Å². The van der Waals surface area contributed by atoms with Gasteiger partial charge in [-0.25, -0.2) is 0 Å². The third-order valence-corrected chi connectivity index (χ3v) is 2.06. The topological polar surface area (TPSA) is 25.2 Å². The van der Waals surface area contributed by atoms with Gasteiger partial charge < -0.3 is 0 Å². The fourth-order valence-corrected chi connectivity index (χ4v) is 1.36. The summed E-state index contributed by atoms with van der Waals surface area (Å²) in [5.41, 5.74) is 1.88. The lowest BCUT2D eigenvalue weighted by Crippen LogP contribution is -1.88. The number of nitrogens with zero attached hydrogens (tertiary/aromatic N) is 2. The van der Waals surface area contributed by atoms with E-state index in [0.717, 1.165) is 11.4 Å². The van der Waals surface area contributed by atoms with Crippen LogP contribution in [0.2, 0.25) is 0 Å². The van der Waals surface area contributed by atoms with E-state index in [1.54, 1.807) is 6.20 Å². The SMILES string of the molecule is CC.CC1C=CC=NC(c2ccccn2)=C1. The number of rotatable bonds is 1. The Balaban J connectivity index is 0.000000606. The van der Waals surface area contributed by atoms with Crippen LogP contribution < -0.4 is 0 Å². The van der Waals surface area contributed by atoms with Gasteiger partial charge in [0.05, 0.1) is 11.4 Å². The maximum atomic E-state index is 4.33. The van der Waals surface area contributed by atoms with Gasteiger partial charge in [-0.1, -0.05) is 32.9 Å². The van der Waals surface area contributed by atoms with E-state index in [1.807, 2.05) is 44.3 Å². The molecule has 2 rings (SSSR count). The summed E-state index contributed by atoms with van der Waals surface area (Å²) in [7, 11) is 0. The Morgan fingerprint density at radius 1 is 1.19 bits per heavy atom. The number of allylic oxidation sites excluding steroid dienone is 3. The van der Waals surface area contributed by atoms with E-state index >= 15 is 0 Å². The molecular weight excluding hydrogens is 196 g/mol. The summed E-state index contributed by atoms with van der Waals surface area (Å²) in [6.45, 7) is 6.13. The summed E-state index contributed by atoms with van der Waals surface area (Å²) in [5.74, 6) is 0.412. The molecule has 1 aliphatic heterocycles. The first kappa shape index (κ1) is 12.4. The van der Waals surface area contributed by atoms with Crippen molar-refractivity contribution in [3.8, 4) is 0 Å². The van der Waals surface area contributed by atoms with Crippen molar-refractivity contribution in [2.45, 2.75) is 20.8 Å². The molecule has 0 bridgehead atoms. The molecule has 0 saturated carbocycles. The molecule has 1 unspecified atom stereocenters. The van der Waals surface area contributed by atoms with Crippen LogP contribution in [0.4, 0.5) is 0 Å². The summed E-state index contributed by atoms with van der Waals surface area (Å²) < 4.78 is 0. The molecular formula is C14H18N2. The molecule has 1 aliphatic rings. The van der Waals surface area contributed by atoms with E-state index in [4.69, 9.17) is 0 Å². The van der Waals surface area contributed by atoms with Crippen molar-refractivity contribution in [3.05, 3.63) is 48.3 Å². The Morgan fingerprint density at radius 3 is 2.69 bits per heavy atom. The molecule has 2 heteroatoms. The van der Waals surface area contributed by atoms with Gasteiger partial charge in [-0.05, 0) is 30.2 Å². The van der Waals surface area contributed by atoms with E-state index in [-0.39, 0.29) is 0 Å². The van der Waals surface area contributed by atoms with Crippen LogP contribution in [0.15, 0.2) is 47.6 Å². The molecule has 0 amide bonds. The molecule has 0 spiro atoms. The van der Waals surface area contributed by atoms with Crippen molar-refractivity contribution < 1.29 is 0 Å².